The molecule has 0 radical (unpaired) electrons. The van der Waals surface area contributed by atoms with Crippen LogP contribution >= 0.6 is 27.3 Å². The van der Waals surface area contributed by atoms with E-state index in [1.165, 1.54) is 11.3 Å². The fourth-order valence-electron chi connectivity index (χ4n) is 1.13. The average Bonchev–Trinajstić information content (AvgIpc) is 2.58. The molecule has 6 heteroatoms. The lowest BCUT2D eigenvalue weighted by Gasteiger charge is -2.02. The van der Waals surface area contributed by atoms with Gasteiger partial charge in [0.25, 0.3) is 0 Å². The van der Waals surface area contributed by atoms with Gasteiger partial charge in [0.1, 0.15) is 0 Å². The van der Waals surface area contributed by atoms with Gasteiger partial charge in [-0.3, -0.25) is 9.59 Å². The number of rotatable bonds is 6. The summed E-state index contributed by atoms with van der Waals surface area (Å²) in [6.07, 6.45) is 0.906. The van der Waals surface area contributed by atoms with Crippen molar-refractivity contribution >= 4 is 39.1 Å². The summed E-state index contributed by atoms with van der Waals surface area (Å²) in [5.41, 5.74) is 0. The van der Waals surface area contributed by atoms with Crippen LogP contribution in [-0.2, 0) is 16.0 Å². The van der Waals surface area contributed by atoms with Crippen LogP contribution in [0, 0.1) is 0 Å². The Labute approximate surface area is 106 Å². The zero-order chi connectivity index (χ0) is 12.0. The molecule has 0 bridgehead atoms. The van der Waals surface area contributed by atoms with Crippen LogP contribution in [0.1, 0.15) is 17.7 Å². The number of carbonyl (C=O) groups is 2. The molecule has 4 nitrogen and oxygen atoms in total. The fourth-order valence-corrected chi connectivity index (χ4v) is 2.62. The van der Waals surface area contributed by atoms with Gasteiger partial charge >= 0.3 is 5.97 Å². The largest absolute Gasteiger partial charge is 0.481 e. The number of carboxylic acids is 1. The van der Waals surface area contributed by atoms with Crippen LogP contribution in [0.3, 0.4) is 0 Å². The summed E-state index contributed by atoms with van der Waals surface area (Å²) in [5.74, 6) is -0.906. The Morgan fingerprint density at radius 2 is 2.19 bits per heavy atom. The third-order valence-corrected chi connectivity index (χ3v) is 3.48. The van der Waals surface area contributed by atoms with Crippen molar-refractivity contribution in [3.05, 3.63) is 20.8 Å². The lowest BCUT2D eigenvalue weighted by atomic mass is 10.3. The number of aliphatic carboxylic acids is 1. The fraction of sp³-hybridized carbons (Fsp3) is 0.400. The van der Waals surface area contributed by atoms with Crippen molar-refractivity contribution in [2.45, 2.75) is 19.3 Å². The van der Waals surface area contributed by atoms with E-state index >= 15 is 0 Å². The highest BCUT2D eigenvalue weighted by Gasteiger charge is 2.05. The van der Waals surface area contributed by atoms with Crippen LogP contribution in [0.4, 0.5) is 0 Å². The number of amides is 1. The summed E-state index contributed by atoms with van der Waals surface area (Å²) < 4.78 is 1.00. The van der Waals surface area contributed by atoms with E-state index in [0.717, 1.165) is 8.66 Å². The Bertz CT molecular complexity index is 378. The van der Waals surface area contributed by atoms with Gasteiger partial charge in [-0.25, -0.2) is 0 Å². The van der Waals surface area contributed by atoms with Crippen LogP contribution in [0.2, 0.25) is 0 Å². The molecular formula is C10H12BrNO3S. The monoisotopic (exact) mass is 305 g/mol. The van der Waals surface area contributed by atoms with E-state index in [1.807, 2.05) is 12.1 Å². The van der Waals surface area contributed by atoms with Crippen molar-refractivity contribution in [2.75, 3.05) is 6.54 Å². The molecular weight excluding hydrogens is 294 g/mol. The summed E-state index contributed by atoms with van der Waals surface area (Å²) in [7, 11) is 0. The van der Waals surface area contributed by atoms with Crippen molar-refractivity contribution < 1.29 is 14.7 Å². The standard InChI is InChI=1S/C10H12BrNO3S/c11-8-4-3-7(16-8)6-9(13)12-5-1-2-10(14)15/h3-4H,1-2,5-6H2,(H,12,13)(H,14,15). The molecule has 0 aliphatic carbocycles. The van der Waals surface area contributed by atoms with E-state index in [1.54, 1.807) is 0 Å². The summed E-state index contributed by atoms with van der Waals surface area (Å²) >= 11 is 4.85. The second-order valence-corrected chi connectivity index (χ2v) is 5.78. The molecule has 1 amide bonds. The predicted octanol–water partition coefficient (Wildman–Crippen LogP) is 2.03. The molecule has 1 rings (SSSR count). The minimum Gasteiger partial charge on any atom is -0.481 e. The quantitative estimate of drug-likeness (QED) is 0.790. The van der Waals surface area contributed by atoms with Gasteiger partial charge in [-0.1, -0.05) is 0 Å². The number of halogens is 1. The minimum atomic E-state index is -0.837. The van der Waals surface area contributed by atoms with Crippen LogP contribution in [0.5, 0.6) is 0 Å². The van der Waals surface area contributed by atoms with Crippen LogP contribution in [-0.4, -0.2) is 23.5 Å². The lowest BCUT2D eigenvalue weighted by Crippen LogP contribution is -2.26. The number of carbonyl (C=O) groups excluding carboxylic acids is 1. The molecule has 2 N–H and O–H groups in total. The number of hydrogen-bond acceptors (Lipinski definition) is 3. The zero-order valence-corrected chi connectivity index (χ0v) is 10.9. The highest BCUT2D eigenvalue weighted by atomic mass is 79.9. The van der Waals surface area contributed by atoms with Crippen molar-refractivity contribution in [1.29, 1.82) is 0 Å². The third-order valence-electron chi connectivity index (χ3n) is 1.85. The Morgan fingerprint density at radius 1 is 1.44 bits per heavy atom. The number of hydrogen-bond donors (Lipinski definition) is 2. The van der Waals surface area contributed by atoms with Crippen molar-refractivity contribution in [3.8, 4) is 0 Å². The Kier molecular flexibility index (Phi) is 5.48. The van der Waals surface area contributed by atoms with Gasteiger partial charge in [-0.05, 0) is 34.5 Å². The third kappa shape index (κ3) is 5.27. The molecule has 1 aromatic heterocycles. The zero-order valence-electron chi connectivity index (χ0n) is 8.53. The highest BCUT2D eigenvalue weighted by molar-refractivity contribution is 9.11. The molecule has 0 aliphatic rings. The van der Waals surface area contributed by atoms with Gasteiger partial charge < -0.3 is 10.4 Å². The molecule has 0 spiro atoms. The first-order chi connectivity index (χ1) is 7.58. The maximum atomic E-state index is 11.4. The smallest absolute Gasteiger partial charge is 0.303 e. The molecule has 0 aromatic carbocycles. The Balaban J connectivity index is 2.18. The van der Waals surface area contributed by atoms with Gasteiger partial charge in [0.2, 0.25) is 5.91 Å². The SMILES string of the molecule is O=C(O)CCCNC(=O)Cc1ccc(Br)s1. The lowest BCUT2D eigenvalue weighted by molar-refractivity contribution is -0.137. The summed E-state index contributed by atoms with van der Waals surface area (Å²) in [6.45, 7) is 0.414. The first kappa shape index (κ1) is 13.2. The van der Waals surface area contributed by atoms with Crippen molar-refractivity contribution in [3.63, 3.8) is 0 Å². The molecule has 0 unspecified atom stereocenters. The van der Waals surface area contributed by atoms with E-state index in [4.69, 9.17) is 5.11 Å². The summed E-state index contributed by atoms with van der Waals surface area (Å²) in [4.78, 5) is 22.6. The van der Waals surface area contributed by atoms with Crippen molar-refractivity contribution in [1.82, 2.24) is 5.32 Å². The predicted molar refractivity (Wildman–Crippen MR) is 65.6 cm³/mol. The van der Waals surface area contributed by atoms with E-state index in [2.05, 4.69) is 21.2 Å². The molecule has 16 heavy (non-hydrogen) atoms. The molecule has 1 aromatic rings. The average molecular weight is 306 g/mol. The van der Waals surface area contributed by atoms with Crippen LogP contribution in [0.15, 0.2) is 15.9 Å². The number of thiophene rings is 1. The second kappa shape index (κ2) is 6.65. The molecule has 1 heterocycles. The van der Waals surface area contributed by atoms with Crippen LogP contribution < -0.4 is 5.32 Å². The normalized spacial score (nSPS) is 10.1. The van der Waals surface area contributed by atoms with Crippen molar-refractivity contribution in [2.24, 2.45) is 0 Å². The molecule has 88 valence electrons. The minimum absolute atomic E-state index is 0.0697. The summed E-state index contributed by atoms with van der Waals surface area (Å²) in [5, 5.41) is 11.1. The maximum Gasteiger partial charge on any atom is 0.303 e. The van der Waals surface area contributed by atoms with Gasteiger partial charge in [0.05, 0.1) is 10.2 Å². The van der Waals surface area contributed by atoms with Gasteiger partial charge in [-0.2, -0.15) is 0 Å². The second-order valence-electron chi connectivity index (χ2n) is 3.23. The Hall–Kier alpha value is -0.880. The van der Waals surface area contributed by atoms with E-state index in [0.29, 0.717) is 19.4 Å². The topological polar surface area (TPSA) is 66.4 Å². The van der Waals surface area contributed by atoms with Crippen LogP contribution in [0.25, 0.3) is 0 Å². The van der Waals surface area contributed by atoms with Gasteiger partial charge in [-0.15, -0.1) is 11.3 Å². The molecule has 0 saturated heterocycles. The highest BCUT2D eigenvalue weighted by Crippen LogP contribution is 2.22. The first-order valence-electron chi connectivity index (χ1n) is 4.80. The molecule has 0 aliphatic heterocycles. The first-order valence-corrected chi connectivity index (χ1v) is 6.41. The summed E-state index contributed by atoms with van der Waals surface area (Å²) in [6, 6.07) is 3.79. The number of nitrogens with one attached hydrogen (secondary N) is 1. The van der Waals surface area contributed by atoms with Gasteiger partial charge in [0.15, 0.2) is 0 Å². The Morgan fingerprint density at radius 3 is 2.75 bits per heavy atom. The number of carboxylic acid groups (broad SMARTS) is 1. The molecule has 0 fully saturated rings. The van der Waals surface area contributed by atoms with E-state index in [9.17, 15) is 9.59 Å². The molecule has 0 saturated carbocycles. The molecule has 0 atom stereocenters. The maximum absolute atomic E-state index is 11.4. The van der Waals surface area contributed by atoms with Gasteiger partial charge in [0, 0.05) is 17.8 Å². The van der Waals surface area contributed by atoms with E-state index in [-0.39, 0.29) is 12.3 Å². The van der Waals surface area contributed by atoms with E-state index < -0.39 is 5.97 Å².